The molecule has 0 unspecified atom stereocenters. The van der Waals surface area contributed by atoms with E-state index in [1.165, 1.54) is 11.1 Å². The molecule has 0 atom stereocenters. The average Bonchev–Trinajstić information content (AvgIpc) is 3.18. The predicted molar refractivity (Wildman–Crippen MR) is 97.5 cm³/mol. The summed E-state index contributed by atoms with van der Waals surface area (Å²) in [5, 5.41) is 0. The molecule has 1 fully saturated rings. The number of hydrogen-bond donors (Lipinski definition) is 0. The van der Waals surface area contributed by atoms with Crippen LogP contribution in [0.4, 0.5) is 0 Å². The van der Waals surface area contributed by atoms with Crippen LogP contribution in [0, 0.1) is 6.92 Å². The van der Waals surface area contributed by atoms with Gasteiger partial charge in [0.15, 0.2) is 5.58 Å². The number of amides is 1. The molecule has 0 N–H and O–H groups in total. The zero-order valence-electron chi connectivity index (χ0n) is 14.7. The maximum Gasteiger partial charge on any atom is 0.270 e. The van der Waals surface area contributed by atoms with E-state index in [4.69, 9.17) is 4.42 Å². The Bertz CT molecular complexity index is 901. The topological polar surface area (TPSA) is 41.6 Å². The summed E-state index contributed by atoms with van der Waals surface area (Å²) in [6.07, 6.45) is 1.66. The van der Waals surface area contributed by atoms with Gasteiger partial charge in [-0.05, 0) is 12.5 Å². The summed E-state index contributed by atoms with van der Waals surface area (Å²) in [4.78, 5) is 17.2. The van der Waals surface area contributed by atoms with E-state index in [9.17, 15) is 4.79 Å². The number of fused-ring (bicyclic) bond motifs is 1. The third-order valence-electron chi connectivity index (χ3n) is 5.03. The molecular formula is C20H23N3O2. The first-order chi connectivity index (χ1) is 12.1. The van der Waals surface area contributed by atoms with Crippen LogP contribution in [-0.4, -0.2) is 46.5 Å². The van der Waals surface area contributed by atoms with Crippen LogP contribution in [0.1, 0.15) is 21.6 Å². The molecule has 4 rings (SSSR count). The average molecular weight is 337 g/mol. The first-order valence-electron chi connectivity index (χ1n) is 8.72. The first kappa shape index (κ1) is 16.0. The van der Waals surface area contributed by atoms with Crippen LogP contribution in [0.25, 0.3) is 11.1 Å². The van der Waals surface area contributed by atoms with Gasteiger partial charge in [-0.15, -0.1) is 0 Å². The third kappa shape index (κ3) is 3.07. The normalized spacial score (nSPS) is 15.8. The summed E-state index contributed by atoms with van der Waals surface area (Å²) in [6, 6.07) is 12.4. The van der Waals surface area contributed by atoms with Crippen molar-refractivity contribution in [3.63, 3.8) is 0 Å². The van der Waals surface area contributed by atoms with E-state index in [0.29, 0.717) is 5.69 Å². The first-order valence-corrected chi connectivity index (χ1v) is 8.72. The number of piperazine rings is 1. The van der Waals surface area contributed by atoms with Crippen LogP contribution < -0.4 is 0 Å². The van der Waals surface area contributed by atoms with Crippen LogP contribution in [0.2, 0.25) is 0 Å². The van der Waals surface area contributed by atoms with Crippen molar-refractivity contribution in [3.05, 3.63) is 59.5 Å². The van der Waals surface area contributed by atoms with Crippen molar-refractivity contribution < 1.29 is 9.21 Å². The summed E-state index contributed by atoms with van der Waals surface area (Å²) in [6.45, 7) is 6.39. The van der Waals surface area contributed by atoms with Crippen molar-refractivity contribution in [3.8, 4) is 0 Å². The summed E-state index contributed by atoms with van der Waals surface area (Å²) < 4.78 is 7.33. The van der Waals surface area contributed by atoms with E-state index < -0.39 is 0 Å². The quantitative estimate of drug-likeness (QED) is 0.738. The summed E-state index contributed by atoms with van der Waals surface area (Å²) in [5.74, 6) is 0.0871. The Balaban J connectivity index is 1.40. The number of benzene rings is 1. The number of carbonyl (C=O) groups excluding carboxylic acids is 1. The summed E-state index contributed by atoms with van der Waals surface area (Å²) in [7, 11) is 1.92. The highest BCUT2D eigenvalue weighted by Crippen LogP contribution is 2.21. The molecule has 3 heterocycles. The van der Waals surface area contributed by atoms with Gasteiger partial charge in [-0.3, -0.25) is 9.69 Å². The van der Waals surface area contributed by atoms with E-state index in [-0.39, 0.29) is 5.91 Å². The van der Waals surface area contributed by atoms with Crippen LogP contribution in [0.5, 0.6) is 0 Å². The number of nitrogens with zero attached hydrogens (tertiary/aromatic N) is 3. The van der Waals surface area contributed by atoms with Crippen molar-refractivity contribution in [2.75, 3.05) is 26.2 Å². The van der Waals surface area contributed by atoms with Crippen molar-refractivity contribution in [1.29, 1.82) is 0 Å². The van der Waals surface area contributed by atoms with Crippen molar-refractivity contribution in [2.45, 2.75) is 13.5 Å². The summed E-state index contributed by atoms with van der Waals surface area (Å²) >= 11 is 0. The molecule has 3 aromatic rings. The fraction of sp³-hybridized carbons (Fsp3) is 0.350. The molecule has 1 saturated heterocycles. The van der Waals surface area contributed by atoms with Crippen LogP contribution in [0.3, 0.4) is 0 Å². The van der Waals surface area contributed by atoms with E-state index in [1.54, 1.807) is 6.26 Å². The minimum Gasteiger partial charge on any atom is -0.463 e. The van der Waals surface area contributed by atoms with Gasteiger partial charge < -0.3 is 13.9 Å². The maximum absolute atomic E-state index is 12.8. The lowest BCUT2D eigenvalue weighted by Crippen LogP contribution is -2.48. The molecule has 5 nitrogen and oxygen atoms in total. The van der Waals surface area contributed by atoms with E-state index in [1.807, 2.05) is 28.6 Å². The SMILES string of the molecule is Cc1cccc(CN2CCN(C(=O)c3cc4occc4n3C)CC2)c1. The van der Waals surface area contributed by atoms with Gasteiger partial charge in [0.1, 0.15) is 5.69 Å². The zero-order chi connectivity index (χ0) is 17.4. The van der Waals surface area contributed by atoms with Crippen molar-refractivity contribution in [2.24, 2.45) is 7.05 Å². The van der Waals surface area contributed by atoms with Crippen LogP contribution >= 0.6 is 0 Å². The molecule has 0 spiro atoms. The Morgan fingerprint density at radius 1 is 1.12 bits per heavy atom. The highest BCUT2D eigenvalue weighted by atomic mass is 16.3. The highest BCUT2D eigenvalue weighted by Gasteiger charge is 2.25. The van der Waals surface area contributed by atoms with E-state index in [2.05, 4.69) is 36.1 Å². The fourth-order valence-corrected chi connectivity index (χ4v) is 3.60. The van der Waals surface area contributed by atoms with Gasteiger partial charge in [-0.2, -0.15) is 0 Å². The lowest BCUT2D eigenvalue weighted by atomic mass is 10.1. The number of rotatable bonds is 3. The fourth-order valence-electron chi connectivity index (χ4n) is 3.60. The van der Waals surface area contributed by atoms with Gasteiger partial charge in [0, 0.05) is 51.9 Å². The number of aryl methyl sites for hydroxylation is 2. The monoisotopic (exact) mass is 337 g/mol. The predicted octanol–water partition coefficient (Wildman–Crippen LogP) is 3.04. The lowest BCUT2D eigenvalue weighted by molar-refractivity contribution is 0.0619. The lowest BCUT2D eigenvalue weighted by Gasteiger charge is -2.34. The van der Waals surface area contributed by atoms with E-state index >= 15 is 0 Å². The van der Waals surface area contributed by atoms with Crippen LogP contribution in [0.15, 0.2) is 47.1 Å². The van der Waals surface area contributed by atoms with Gasteiger partial charge in [0.25, 0.3) is 5.91 Å². The minimum absolute atomic E-state index is 0.0871. The van der Waals surface area contributed by atoms with Gasteiger partial charge >= 0.3 is 0 Å². The molecule has 5 heteroatoms. The Labute approximate surface area is 147 Å². The second-order valence-corrected chi connectivity index (χ2v) is 6.82. The third-order valence-corrected chi connectivity index (χ3v) is 5.03. The zero-order valence-corrected chi connectivity index (χ0v) is 14.7. The van der Waals surface area contributed by atoms with E-state index in [0.717, 1.165) is 43.8 Å². The smallest absolute Gasteiger partial charge is 0.270 e. The number of aromatic nitrogens is 1. The highest BCUT2D eigenvalue weighted by molar-refractivity contribution is 5.97. The number of furan rings is 1. The minimum atomic E-state index is 0.0871. The molecular weight excluding hydrogens is 314 g/mol. The molecule has 130 valence electrons. The Morgan fingerprint density at radius 3 is 2.64 bits per heavy atom. The molecule has 0 aliphatic carbocycles. The Kier molecular flexibility index (Phi) is 4.09. The van der Waals surface area contributed by atoms with Crippen molar-refractivity contribution in [1.82, 2.24) is 14.4 Å². The largest absolute Gasteiger partial charge is 0.463 e. The van der Waals surface area contributed by atoms with Gasteiger partial charge in [-0.1, -0.05) is 29.8 Å². The molecule has 1 aromatic carbocycles. The molecule has 1 amide bonds. The molecule has 0 saturated carbocycles. The summed E-state index contributed by atoms with van der Waals surface area (Å²) in [5.41, 5.74) is 5.05. The second kappa shape index (κ2) is 6.41. The molecule has 1 aliphatic rings. The molecule has 1 aliphatic heterocycles. The standard InChI is InChI=1S/C20H23N3O2/c1-15-4-3-5-16(12-15)14-22-7-9-23(10-8-22)20(24)18-13-19-17(21(18)2)6-11-25-19/h3-6,11-13H,7-10,14H2,1-2H3. The maximum atomic E-state index is 12.8. The van der Waals surface area contributed by atoms with Gasteiger partial charge in [0.05, 0.1) is 11.8 Å². The second-order valence-electron chi connectivity index (χ2n) is 6.82. The van der Waals surface area contributed by atoms with Gasteiger partial charge in [0.2, 0.25) is 0 Å². The van der Waals surface area contributed by atoms with Crippen molar-refractivity contribution >= 4 is 17.0 Å². The molecule has 25 heavy (non-hydrogen) atoms. The Hall–Kier alpha value is -2.53. The Morgan fingerprint density at radius 2 is 1.92 bits per heavy atom. The molecule has 0 radical (unpaired) electrons. The molecule has 2 aromatic heterocycles. The molecule has 0 bridgehead atoms. The number of carbonyl (C=O) groups is 1. The van der Waals surface area contributed by atoms with Crippen LogP contribution in [-0.2, 0) is 13.6 Å². The van der Waals surface area contributed by atoms with Gasteiger partial charge in [-0.25, -0.2) is 0 Å². The number of hydrogen-bond acceptors (Lipinski definition) is 3.